The zero-order valence-corrected chi connectivity index (χ0v) is 21.4. The number of hydrogen-bond acceptors (Lipinski definition) is 5. The molecule has 1 amide bonds. The highest BCUT2D eigenvalue weighted by molar-refractivity contribution is 5.84. The average molecular weight is 487 g/mol. The van der Waals surface area contributed by atoms with Crippen LogP contribution in [0.15, 0.2) is 65.5 Å². The largest absolute Gasteiger partial charge is 0.354 e. The molecule has 0 aliphatic rings. The number of aryl methyl sites for hydroxylation is 2. The topological polar surface area (TPSA) is 85.1 Å². The van der Waals surface area contributed by atoms with E-state index < -0.39 is 6.04 Å². The molecule has 0 aliphatic heterocycles. The van der Waals surface area contributed by atoms with Gasteiger partial charge in [-0.3, -0.25) is 9.59 Å². The number of hydrogen-bond donors (Lipinski definition) is 1. The summed E-state index contributed by atoms with van der Waals surface area (Å²) >= 11 is 0. The molecule has 0 radical (unpaired) electrons. The first kappa shape index (κ1) is 25.3. The molecule has 1 N–H and O–H groups in total. The molecule has 0 bridgehead atoms. The van der Waals surface area contributed by atoms with E-state index in [0.717, 1.165) is 30.9 Å². The van der Waals surface area contributed by atoms with Crippen LogP contribution in [0.5, 0.6) is 0 Å². The normalized spacial score (nSPS) is 12.2. The highest BCUT2D eigenvalue weighted by Gasteiger charge is 2.25. The Hall–Kier alpha value is -3.78. The van der Waals surface area contributed by atoms with Crippen molar-refractivity contribution in [2.24, 2.45) is 0 Å². The van der Waals surface area contributed by atoms with Crippen LogP contribution in [-0.4, -0.2) is 50.5 Å². The van der Waals surface area contributed by atoms with Gasteiger partial charge < -0.3 is 10.2 Å². The van der Waals surface area contributed by atoms with Gasteiger partial charge in [0.1, 0.15) is 11.6 Å². The van der Waals surface area contributed by atoms with Crippen LogP contribution >= 0.6 is 0 Å². The predicted octanol–water partition coefficient (Wildman–Crippen LogP) is 3.79. The molecule has 8 heteroatoms. The second kappa shape index (κ2) is 11.3. The molecule has 8 nitrogen and oxygen atoms in total. The van der Waals surface area contributed by atoms with E-state index in [4.69, 9.17) is 0 Å². The first-order valence-electron chi connectivity index (χ1n) is 12.4. The Morgan fingerprint density at radius 1 is 1.03 bits per heavy atom. The van der Waals surface area contributed by atoms with Crippen LogP contribution in [0.2, 0.25) is 0 Å². The summed E-state index contributed by atoms with van der Waals surface area (Å²) in [6, 6.07) is 19.3. The van der Waals surface area contributed by atoms with Gasteiger partial charge in [-0.25, -0.2) is 9.36 Å². The number of amides is 1. The monoisotopic (exact) mass is 486 g/mol. The van der Waals surface area contributed by atoms with Crippen LogP contribution in [0.25, 0.3) is 16.6 Å². The summed E-state index contributed by atoms with van der Waals surface area (Å²) < 4.78 is 3.09. The molecule has 4 rings (SSSR count). The van der Waals surface area contributed by atoms with Crippen molar-refractivity contribution in [3.63, 3.8) is 0 Å². The smallest absolute Gasteiger partial charge is 0.278 e. The summed E-state index contributed by atoms with van der Waals surface area (Å²) in [6.07, 6.45) is 1.28. The predicted molar refractivity (Wildman–Crippen MR) is 142 cm³/mol. The quantitative estimate of drug-likeness (QED) is 0.345. The standard InChI is InChI=1S/C28H34N6O2/c1-5-24(27(35)29-17-12-18-32(4)19-22-13-8-6-9-14-22)34-28(36)25-21(3)33(23-15-10-7-11-16-23)31-26(25)20(2)30-34/h6-11,13-16,24H,5,12,17-19H2,1-4H3,(H,29,35). The lowest BCUT2D eigenvalue weighted by molar-refractivity contribution is -0.124. The fourth-order valence-electron chi connectivity index (χ4n) is 4.53. The number of fused-ring (bicyclic) bond motifs is 1. The van der Waals surface area contributed by atoms with Gasteiger partial charge in [-0.05, 0) is 58.0 Å². The van der Waals surface area contributed by atoms with Gasteiger partial charge in [0.25, 0.3) is 5.56 Å². The van der Waals surface area contributed by atoms with Gasteiger partial charge in [0, 0.05) is 13.1 Å². The van der Waals surface area contributed by atoms with E-state index in [1.165, 1.54) is 10.2 Å². The number of nitrogens with zero attached hydrogens (tertiary/aromatic N) is 5. The third kappa shape index (κ3) is 5.39. The van der Waals surface area contributed by atoms with Crippen LogP contribution in [0, 0.1) is 13.8 Å². The average Bonchev–Trinajstić information content (AvgIpc) is 3.24. The maximum Gasteiger partial charge on any atom is 0.278 e. The van der Waals surface area contributed by atoms with Crippen molar-refractivity contribution in [3.05, 3.63) is 88.0 Å². The number of carbonyl (C=O) groups excluding carboxylic acids is 1. The third-order valence-electron chi connectivity index (χ3n) is 6.44. The SMILES string of the molecule is CCC(C(=O)NCCCN(C)Cc1ccccc1)n1nc(C)c2nn(-c3ccccc3)c(C)c2c1=O. The van der Waals surface area contributed by atoms with E-state index in [2.05, 4.69) is 39.6 Å². The summed E-state index contributed by atoms with van der Waals surface area (Å²) in [6.45, 7) is 7.85. The van der Waals surface area contributed by atoms with Gasteiger partial charge in [-0.1, -0.05) is 55.5 Å². The number of rotatable bonds is 10. The number of carbonyl (C=O) groups is 1. The molecule has 4 aromatic rings. The minimum absolute atomic E-state index is 0.190. The Balaban J connectivity index is 1.46. The van der Waals surface area contributed by atoms with Crippen molar-refractivity contribution in [2.45, 2.75) is 46.2 Å². The van der Waals surface area contributed by atoms with Gasteiger partial charge >= 0.3 is 0 Å². The van der Waals surface area contributed by atoms with Crippen LogP contribution in [0.3, 0.4) is 0 Å². The van der Waals surface area contributed by atoms with Crippen molar-refractivity contribution in [1.29, 1.82) is 0 Å². The van der Waals surface area contributed by atoms with Crippen molar-refractivity contribution in [3.8, 4) is 5.69 Å². The Bertz CT molecular complexity index is 1380. The molecule has 2 aromatic heterocycles. The first-order chi connectivity index (χ1) is 17.4. The molecule has 0 aliphatic carbocycles. The highest BCUT2D eigenvalue weighted by atomic mass is 16.2. The number of benzene rings is 2. The van der Waals surface area contributed by atoms with E-state index in [-0.39, 0.29) is 11.5 Å². The van der Waals surface area contributed by atoms with Crippen LogP contribution < -0.4 is 10.9 Å². The molecule has 2 heterocycles. The molecule has 0 spiro atoms. The third-order valence-corrected chi connectivity index (χ3v) is 6.44. The van der Waals surface area contributed by atoms with Gasteiger partial charge in [0.05, 0.1) is 22.5 Å². The van der Waals surface area contributed by atoms with Crippen molar-refractivity contribution in [2.75, 3.05) is 20.1 Å². The molecular formula is C28H34N6O2. The van der Waals surface area contributed by atoms with Crippen LogP contribution in [-0.2, 0) is 11.3 Å². The summed E-state index contributed by atoms with van der Waals surface area (Å²) in [5, 5.41) is 12.7. The van der Waals surface area contributed by atoms with E-state index in [0.29, 0.717) is 29.6 Å². The van der Waals surface area contributed by atoms with Gasteiger partial charge in [-0.15, -0.1) is 0 Å². The Morgan fingerprint density at radius 2 is 1.69 bits per heavy atom. The van der Waals surface area contributed by atoms with Crippen molar-refractivity contribution >= 4 is 16.8 Å². The molecule has 1 atom stereocenters. The van der Waals surface area contributed by atoms with Gasteiger partial charge in [0.2, 0.25) is 5.91 Å². The zero-order valence-electron chi connectivity index (χ0n) is 21.4. The second-order valence-electron chi connectivity index (χ2n) is 9.18. The molecule has 2 aromatic carbocycles. The van der Waals surface area contributed by atoms with Crippen LogP contribution in [0.1, 0.15) is 42.8 Å². The zero-order chi connectivity index (χ0) is 25.7. The molecule has 0 saturated heterocycles. The summed E-state index contributed by atoms with van der Waals surface area (Å²) in [4.78, 5) is 28.8. The van der Waals surface area contributed by atoms with Gasteiger partial charge in [-0.2, -0.15) is 10.2 Å². The fraction of sp³-hybridized carbons (Fsp3) is 0.357. The Labute approximate surface area is 211 Å². The van der Waals surface area contributed by atoms with E-state index >= 15 is 0 Å². The Kier molecular flexibility index (Phi) is 7.95. The molecule has 36 heavy (non-hydrogen) atoms. The van der Waals surface area contributed by atoms with Crippen molar-refractivity contribution in [1.82, 2.24) is 29.8 Å². The molecule has 0 saturated carbocycles. The Morgan fingerprint density at radius 3 is 2.36 bits per heavy atom. The maximum absolute atomic E-state index is 13.5. The van der Waals surface area contributed by atoms with Crippen molar-refractivity contribution < 1.29 is 4.79 Å². The summed E-state index contributed by atoms with van der Waals surface area (Å²) in [7, 11) is 2.07. The first-order valence-corrected chi connectivity index (χ1v) is 12.4. The van der Waals surface area contributed by atoms with Gasteiger partial charge in [0.15, 0.2) is 0 Å². The minimum atomic E-state index is -0.679. The molecule has 0 fully saturated rings. The van der Waals surface area contributed by atoms with E-state index in [1.807, 2.05) is 69.3 Å². The molecule has 1 unspecified atom stereocenters. The number of para-hydroxylation sites is 1. The van der Waals surface area contributed by atoms with Crippen LogP contribution in [0.4, 0.5) is 0 Å². The summed E-state index contributed by atoms with van der Waals surface area (Å²) in [5.74, 6) is -0.190. The van der Waals surface area contributed by atoms with E-state index in [9.17, 15) is 9.59 Å². The highest BCUT2D eigenvalue weighted by Crippen LogP contribution is 2.21. The fourth-order valence-corrected chi connectivity index (χ4v) is 4.53. The minimum Gasteiger partial charge on any atom is -0.354 e. The lowest BCUT2D eigenvalue weighted by atomic mass is 10.2. The lowest BCUT2D eigenvalue weighted by Crippen LogP contribution is -2.39. The van der Waals surface area contributed by atoms with E-state index in [1.54, 1.807) is 4.68 Å². The summed E-state index contributed by atoms with van der Waals surface area (Å²) in [5.41, 5.74) is 3.76. The number of nitrogens with one attached hydrogen (secondary N) is 1. The molecule has 188 valence electrons. The molecular weight excluding hydrogens is 452 g/mol. The maximum atomic E-state index is 13.5. The second-order valence-corrected chi connectivity index (χ2v) is 9.18. The lowest BCUT2D eigenvalue weighted by Gasteiger charge is -2.19. The number of aromatic nitrogens is 4.